The van der Waals surface area contributed by atoms with Gasteiger partial charge in [0, 0.05) is 17.7 Å². The van der Waals surface area contributed by atoms with E-state index < -0.39 is 4.92 Å². The zero-order valence-corrected chi connectivity index (χ0v) is 18.1. The molecule has 156 valence electrons. The first kappa shape index (κ1) is 20.9. The van der Waals surface area contributed by atoms with E-state index in [-0.39, 0.29) is 16.6 Å². The maximum absolute atomic E-state index is 12.4. The summed E-state index contributed by atoms with van der Waals surface area (Å²) in [5, 5.41) is 14.4. The number of amidine groups is 1. The average Bonchev–Trinajstić information content (AvgIpc) is 3.32. The van der Waals surface area contributed by atoms with E-state index in [9.17, 15) is 14.9 Å². The molecule has 0 saturated carbocycles. The number of carbonyl (C=O) groups excluding carboxylic acids is 1. The van der Waals surface area contributed by atoms with E-state index in [0.29, 0.717) is 27.2 Å². The van der Waals surface area contributed by atoms with Crippen molar-refractivity contribution in [1.82, 2.24) is 5.32 Å². The number of nitrogens with one attached hydrogen (secondary N) is 1. The highest BCUT2D eigenvalue weighted by atomic mass is 35.5. The third-order valence-electron chi connectivity index (χ3n) is 4.57. The van der Waals surface area contributed by atoms with Gasteiger partial charge in [0.25, 0.3) is 11.6 Å². The summed E-state index contributed by atoms with van der Waals surface area (Å²) in [5.74, 6) is 0.603. The largest absolute Gasteiger partial charge is 0.457 e. The van der Waals surface area contributed by atoms with Crippen LogP contribution in [0.2, 0.25) is 5.02 Å². The van der Waals surface area contributed by atoms with Gasteiger partial charge >= 0.3 is 0 Å². The van der Waals surface area contributed by atoms with E-state index in [1.807, 2.05) is 32.0 Å². The lowest BCUT2D eigenvalue weighted by Crippen LogP contribution is -2.19. The molecule has 1 saturated heterocycles. The maximum Gasteiger partial charge on any atom is 0.288 e. The Balaban J connectivity index is 1.58. The number of thioether (sulfide) groups is 1. The van der Waals surface area contributed by atoms with Crippen LogP contribution < -0.4 is 5.32 Å². The predicted octanol–water partition coefficient (Wildman–Crippen LogP) is 6.02. The van der Waals surface area contributed by atoms with Gasteiger partial charge in [-0.15, -0.1) is 0 Å². The molecule has 1 fully saturated rings. The fourth-order valence-electron chi connectivity index (χ4n) is 2.95. The van der Waals surface area contributed by atoms with E-state index in [4.69, 9.17) is 16.0 Å². The molecule has 0 atom stereocenters. The second kappa shape index (κ2) is 8.41. The van der Waals surface area contributed by atoms with Crippen LogP contribution in [0.4, 0.5) is 11.4 Å². The normalized spacial score (nSPS) is 16.2. The van der Waals surface area contributed by atoms with Crippen LogP contribution in [0, 0.1) is 24.0 Å². The topological polar surface area (TPSA) is 97.7 Å². The third-order valence-corrected chi connectivity index (χ3v) is 5.79. The van der Waals surface area contributed by atoms with Crippen molar-refractivity contribution in [3.8, 4) is 11.3 Å². The van der Waals surface area contributed by atoms with Crippen molar-refractivity contribution in [2.45, 2.75) is 13.8 Å². The molecule has 0 aliphatic carbocycles. The number of furan rings is 1. The van der Waals surface area contributed by atoms with Crippen molar-refractivity contribution in [1.29, 1.82) is 0 Å². The second-order valence-electron chi connectivity index (χ2n) is 6.90. The van der Waals surface area contributed by atoms with Crippen molar-refractivity contribution in [3.63, 3.8) is 0 Å². The maximum atomic E-state index is 12.4. The first-order valence-corrected chi connectivity index (χ1v) is 10.4. The van der Waals surface area contributed by atoms with Gasteiger partial charge in [0.2, 0.25) is 0 Å². The Morgan fingerprint density at radius 1 is 1.16 bits per heavy atom. The summed E-state index contributed by atoms with van der Waals surface area (Å²) in [6, 6.07) is 13.8. The molecule has 1 aromatic heterocycles. The quantitative estimate of drug-likeness (QED) is 0.296. The highest BCUT2D eigenvalue weighted by Crippen LogP contribution is 2.33. The van der Waals surface area contributed by atoms with Gasteiger partial charge in [-0.25, -0.2) is 4.99 Å². The number of amides is 1. The Bertz CT molecular complexity index is 1280. The van der Waals surface area contributed by atoms with E-state index in [0.717, 1.165) is 16.8 Å². The molecule has 0 bridgehead atoms. The SMILES string of the molecule is Cc1ccc(C)c(N=C2NC(=O)/C(=C/c3ccc(-c4ccc(Cl)c([N+](=O)[O-])c4)o3)S2)c1. The number of aryl methyl sites for hydroxylation is 2. The van der Waals surface area contributed by atoms with Crippen molar-refractivity contribution in [3.05, 3.63) is 85.5 Å². The van der Waals surface area contributed by atoms with Crippen LogP contribution in [0.3, 0.4) is 0 Å². The molecule has 2 aromatic carbocycles. The molecule has 0 radical (unpaired) electrons. The molecular weight excluding hydrogens is 438 g/mol. The van der Waals surface area contributed by atoms with Gasteiger partial charge in [-0.1, -0.05) is 23.7 Å². The molecular formula is C22H16ClN3O4S. The van der Waals surface area contributed by atoms with Gasteiger partial charge < -0.3 is 9.73 Å². The Morgan fingerprint density at radius 3 is 2.74 bits per heavy atom. The van der Waals surface area contributed by atoms with Crippen LogP contribution in [-0.4, -0.2) is 16.0 Å². The molecule has 31 heavy (non-hydrogen) atoms. The third kappa shape index (κ3) is 4.55. The molecule has 1 aliphatic rings. The Labute approximate surface area is 187 Å². The van der Waals surface area contributed by atoms with Crippen molar-refractivity contribution in [2.24, 2.45) is 4.99 Å². The lowest BCUT2D eigenvalue weighted by molar-refractivity contribution is -0.384. The molecule has 4 rings (SSSR count). The number of benzene rings is 2. The smallest absolute Gasteiger partial charge is 0.288 e. The lowest BCUT2D eigenvalue weighted by atomic mass is 10.1. The molecule has 2 heterocycles. The molecule has 1 N–H and O–H groups in total. The number of hydrogen-bond donors (Lipinski definition) is 1. The number of rotatable bonds is 4. The van der Waals surface area contributed by atoms with E-state index in [1.165, 1.54) is 23.9 Å². The minimum atomic E-state index is -0.548. The molecule has 1 aliphatic heterocycles. The van der Waals surface area contributed by atoms with Crippen LogP contribution in [0.15, 0.2) is 62.8 Å². The monoisotopic (exact) mass is 453 g/mol. The number of carbonyl (C=O) groups is 1. The minimum absolute atomic E-state index is 0.0531. The van der Waals surface area contributed by atoms with E-state index in [2.05, 4.69) is 10.3 Å². The summed E-state index contributed by atoms with van der Waals surface area (Å²) in [4.78, 5) is 27.9. The summed E-state index contributed by atoms with van der Waals surface area (Å²) >= 11 is 7.08. The van der Waals surface area contributed by atoms with Gasteiger partial charge in [0.1, 0.15) is 16.5 Å². The molecule has 0 unspecified atom stereocenters. The van der Waals surface area contributed by atoms with Crippen molar-refractivity contribution >= 4 is 51.9 Å². The van der Waals surface area contributed by atoms with Gasteiger partial charge in [-0.3, -0.25) is 14.9 Å². The zero-order valence-electron chi connectivity index (χ0n) is 16.5. The molecule has 1 amide bonds. The summed E-state index contributed by atoms with van der Waals surface area (Å²) in [6.07, 6.45) is 1.61. The van der Waals surface area contributed by atoms with Crippen LogP contribution in [0.25, 0.3) is 17.4 Å². The number of aliphatic imine (C=N–C) groups is 1. The van der Waals surface area contributed by atoms with Gasteiger partial charge in [-0.2, -0.15) is 0 Å². The minimum Gasteiger partial charge on any atom is -0.457 e. The highest BCUT2D eigenvalue weighted by Gasteiger charge is 2.24. The van der Waals surface area contributed by atoms with Crippen LogP contribution in [-0.2, 0) is 4.79 Å². The number of nitro benzene ring substituents is 1. The van der Waals surface area contributed by atoms with Crippen LogP contribution in [0.1, 0.15) is 16.9 Å². The number of halogens is 1. The molecule has 9 heteroatoms. The van der Waals surface area contributed by atoms with Crippen LogP contribution in [0.5, 0.6) is 0 Å². The zero-order chi connectivity index (χ0) is 22.1. The van der Waals surface area contributed by atoms with E-state index in [1.54, 1.807) is 24.3 Å². The second-order valence-corrected chi connectivity index (χ2v) is 8.33. The summed E-state index contributed by atoms with van der Waals surface area (Å²) in [6.45, 7) is 3.95. The lowest BCUT2D eigenvalue weighted by Gasteiger charge is -2.02. The molecule has 7 nitrogen and oxygen atoms in total. The number of hydrogen-bond acceptors (Lipinski definition) is 6. The Hall–Kier alpha value is -3.36. The van der Waals surface area contributed by atoms with Crippen LogP contribution >= 0.6 is 23.4 Å². The first-order chi connectivity index (χ1) is 14.8. The van der Waals surface area contributed by atoms with Gasteiger partial charge in [0.15, 0.2) is 5.17 Å². The molecule has 0 spiro atoms. The Kier molecular flexibility index (Phi) is 5.67. The first-order valence-electron chi connectivity index (χ1n) is 9.21. The summed E-state index contributed by atoms with van der Waals surface area (Å²) in [7, 11) is 0. The van der Waals surface area contributed by atoms with E-state index >= 15 is 0 Å². The van der Waals surface area contributed by atoms with Gasteiger partial charge in [-0.05, 0) is 67.1 Å². The Morgan fingerprint density at radius 2 is 1.97 bits per heavy atom. The number of nitro groups is 1. The van der Waals surface area contributed by atoms with Crippen molar-refractivity contribution < 1.29 is 14.1 Å². The molecule has 3 aromatic rings. The standard InChI is InChI=1S/C22H16ClN3O4S/c1-12-3-4-13(2)17(9-12)24-22-25-21(27)20(31-22)11-15-6-8-19(30-15)14-5-7-16(23)18(10-14)26(28)29/h3-11H,1-2H3,(H,24,25,27)/b20-11-. The predicted molar refractivity (Wildman–Crippen MR) is 123 cm³/mol. The average molecular weight is 454 g/mol. The fourth-order valence-corrected chi connectivity index (χ4v) is 3.95. The fraction of sp³-hybridized carbons (Fsp3) is 0.0909. The summed E-state index contributed by atoms with van der Waals surface area (Å²) < 4.78 is 5.77. The number of nitrogens with zero attached hydrogens (tertiary/aromatic N) is 2. The van der Waals surface area contributed by atoms with Gasteiger partial charge in [0.05, 0.1) is 15.5 Å². The highest BCUT2D eigenvalue weighted by molar-refractivity contribution is 8.18. The summed E-state index contributed by atoms with van der Waals surface area (Å²) in [5.41, 5.74) is 3.21. The van der Waals surface area contributed by atoms with Crippen molar-refractivity contribution in [2.75, 3.05) is 0 Å².